The van der Waals surface area contributed by atoms with Crippen LogP contribution in [0.25, 0.3) is 11.2 Å². The summed E-state index contributed by atoms with van der Waals surface area (Å²) in [4.78, 5) is 88.2. The van der Waals surface area contributed by atoms with Crippen LogP contribution < -0.4 is 16.4 Å². The zero-order valence-corrected chi connectivity index (χ0v) is 39.7. The van der Waals surface area contributed by atoms with Crippen molar-refractivity contribution in [2.24, 2.45) is 5.41 Å². The van der Waals surface area contributed by atoms with Crippen LogP contribution in [0.4, 0.5) is 5.82 Å². The van der Waals surface area contributed by atoms with Gasteiger partial charge in [-0.2, -0.15) is 4.31 Å². The molecule has 28 heteroatoms. The molecule has 0 aliphatic carbocycles. The number of imidazole rings is 1. The highest BCUT2D eigenvalue weighted by Gasteiger charge is 2.50. The number of thioether (sulfide) groups is 1. The molecule has 0 saturated carbocycles. The van der Waals surface area contributed by atoms with Gasteiger partial charge in [0, 0.05) is 37.1 Å². The number of carbonyl (C=O) groups excluding carboxylic acids is 3. The van der Waals surface area contributed by atoms with E-state index in [4.69, 9.17) is 19.5 Å². The van der Waals surface area contributed by atoms with E-state index in [1.807, 2.05) is 12.2 Å². The van der Waals surface area contributed by atoms with Gasteiger partial charge in [0.1, 0.15) is 36.3 Å². The van der Waals surface area contributed by atoms with Crippen LogP contribution in [0.3, 0.4) is 0 Å². The van der Waals surface area contributed by atoms with E-state index in [1.54, 1.807) is 0 Å². The fourth-order valence-electron chi connectivity index (χ4n) is 5.86. The average Bonchev–Trinajstić information content (AvgIpc) is 3.79. The van der Waals surface area contributed by atoms with E-state index in [0.29, 0.717) is 18.6 Å². The Labute approximate surface area is 380 Å². The number of nitrogens with zero attached hydrogens (tertiary/aromatic N) is 4. The van der Waals surface area contributed by atoms with Gasteiger partial charge in [-0.25, -0.2) is 28.6 Å². The number of phosphoric ester groups is 3. The Morgan fingerprint density at radius 3 is 2.28 bits per heavy atom. The topological polar surface area (TPSA) is 364 Å². The van der Waals surface area contributed by atoms with Gasteiger partial charge >= 0.3 is 23.5 Å². The first-order valence-electron chi connectivity index (χ1n) is 20.6. The lowest BCUT2D eigenvalue weighted by molar-refractivity contribution is -0.137. The summed E-state index contributed by atoms with van der Waals surface area (Å²) in [5, 5.41) is 26.5. The van der Waals surface area contributed by atoms with Gasteiger partial charge in [0.05, 0.1) is 19.5 Å². The number of ether oxygens (including phenoxy) is 1. The fourth-order valence-corrected chi connectivity index (χ4v) is 9.38. The summed E-state index contributed by atoms with van der Waals surface area (Å²) in [7, 11) is -16.4. The van der Waals surface area contributed by atoms with Crippen LogP contribution in [0.5, 0.6) is 0 Å². The number of unbranched alkanes of at least 4 members (excludes halogenated alkanes) is 3. The Morgan fingerprint density at radius 1 is 0.938 bits per heavy atom. The molecule has 1 saturated heterocycles. The lowest BCUT2D eigenvalue weighted by atomic mass is 9.87. The molecule has 3 heterocycles. The zero-order chi connectivity index (χ0) is 48.3. The van der Waals surface area contributed by atoms with Gasteiger partial charge < -0.3 is 50.9 Å². The predicted molar refractivity (Wildman–Crippen MR) is 237 cm³/mol. The Morgan fingerprint density at radius 2 is 1.60 bits per heavy atom. The molecule has 7 unspecified atom stereocenters. The maximum Gasteiger partial charge on any atom is 0.481 e. The van der Waals surface area contributed by atoms with Gasteiger partial charge in [0.15, 0.2) is 22.8 Å². The van der Waals surface area contributed by atoms with Crippen LogP contribution in [0.2, 0.25) is 0 Å². The number of carbonyl (C=O) groups is 3. The number of nitrogens with two attached hydrogens (primary N) is 1. The van der Waals surface area contributed by atoms with E-state index in [0.717, 1.165) is 48.2 Å². The highest BCUT2D eigenvalue weighted by Crippen LogP contribution is 2.61. The number of amides is 2. The van der Waals surface area contributed by atoms with E-state index >= 15 is 0 Å². The van der Waals surface area contributed by atoms with E-state index in [2.05, 4.69) is 65.6 Å². The van der Waals surface area contributed by atoms with Crippen LogP contribution in [0.15, 0.2) is 49.1 Å². The van der Waals surface area contributed by atoms with Crippen LogP contribution in [-0.2, 0) is 50.7 Å². The number of fused-ring (bicyclic) bond motifs is 1. The number of aromatic nitrogens is 4. The molecule has 366 valence electrons. The fraction of sp³-hybridized carbons (Fsp3) is 0.622. The number of anilines is 1. The van der Waals surface area contributed by atoms with Crippen molar-refractivity contribution in [2.75, 3.05) is 37.8 Å². The summed E-state index contributed by atoms with van der Waals surface area (Å²) in [6.07, 6.45) is 13.1. The standard InChI is InChI=1S/C37H60N7O17P3S/c1-4-5-6-7-8-9-10-11-12-13-14-15-16-17-28(46)65-21-20-39-27(45)18-19-40-35(49)32(48)37(2,3)23-58-64(55,56)61-63(53,54)57-22-26-31(60-62(50,51)52)30(47)36(59-26)44-25-43-29-33(38)41-24-42-34(29)44/h8-9,11-12,14-15,24-26,30-32,36,47-48H,4-7,10,13,16-23H2,1-3H3,(H,39,45)(H,40,49)(H,53,54)(H,55,56)(H2,38,41,42)(H2,50,51,52)/b9-8+,12-11+,15-14+. The van der Waals surface area contributed by atoms with Crippen molar-refractivity contribution >= 4 is 69.1 Å². The maximum absolute atomic E-state index is 12.7. The third-order valence-corrected chi connectivity index (χ3v) is 13.3. The van der Waals surface area contributed by atoms with E-state index in [9.17, 15) is 57.9 Å². The average molecular weight is 1000 g/mol. The molecular formula is C37H60N7O17P3S. The van der Waals surface area contributed by atoms with Crippen LogP contribution >= 0.6 is 35.2 Å². The Hall–Kier alpha value is -3.22. The second-order valence-electron chi connectivity index (χ2n) is 15.2. The summed E-state index contributed by atoms with van der Waals surface area (Å²) in [6.45, 7) is 2.69. The molecule has 0 radical (unpaired) electrons. The molecular weight excluding hydrogens is 939 g/mol. The maximum atomic E-state index is 12.7. The van der Waals surface area contributed by atoms with Crippen LogP contribution in [0.1, 0.15) is 84.8 Å². The Balaban J connectivity index is 1.35. The smallest absolute Gasteiger partial charge is 0.386 e. The van der Waals surface area contributed by atoms with Crippen molar-refractivity contribution in [2.45, 2.75) is 109 Å². The highest BCUT2D eigenvalue weighted by atomic mass is 32.2. The normalized spacial score (nSPS) is 20.7. The molecule has 24 nitrogen and oxygen atoms in total. The van der Waals surface area contributed by atoms with Gasteiger partial charge in [0.2, 0.25) is 11.8 Å². The Kier molecular flexibility index (Phi) is 23.3. The first-order chi connectivity index (χ1) is 30.6. The van der Waals surface area contributed by atoms with E-state index in [1.165, 1.54) is 33.1 Å². The largest absolute Gasteiger partial charge is 0.481 e. The summed E-state index contributed by atoms with van der Waals surface area (Å²) in [5.41, 5.74) is 4.27. The number of phosphoric acid groups is 3. The lowest BCUT2D eigenvalue weighted by Crippen LogP contribution is -2.46. The molecule has 0 spiro atoms. The molecule has 1 fully saturated rings. The molecule has 2 aromatic heterocycles. The minimum atomic E-state index is -5.58. The molecule has 0 aromatic carbocycles. The predicted octanol–water partition coefficient (Wildman–Crippen LogP) is 3.47. The number of aliphatic hydroxyl groups excluding tert-OH is 2. The lowest BCUT2D eigenvalue weighted by Gasteiger charge is -2.30. The third-order valence-electron chi connectivity index (χ3n) is 9.30. The van der Waals surface area contributed by atoms with Crippen molar-refractivity contribution < 1.29 is 80.5 Å². The molecule has 2 aromatic rings. The minimum absolute atomic E-state index is 0.00965. The number of nitrogens with one attached hydrogen (secondary N) is 2. The van der Waals surface area contributed by atoms with Crippen LogP contribution in [0, 0.1) is 5.41 Å². The summed E-state index contributed by atoms with van der Waals surface area (Å²) >= 11 is 1.10. The van der Waals surface area contributed by atoms with Crippen LogP contribution in [-0.4, -0.2) is 123 Å². The number of hydrogen-bond donors (Lipinski definition) is 9. The van der Waals surface area contributed by atoms with E-state index in [-0.39, 0.29) is 41.6 Å². The second kappa shape index (κ2) is 26.9. The van der Waals surface area contributed by atoms with Gasteiger partial charge in [-0.3, -0.25) is 32.5 Å². The zero-order valence-electron chi connectivity index (χ0n) is 36.2. The minimum Gasteiger partial charge on any atom is -0.386 e. The molecule has 1 aliphatic rings. The third kappa shape index (κ3) is 20.3. The number of allylic oxidation sites excluding steroid dienone is 6. The van der Waals surface area contributed by atoms with E-state index < -0.39 is 84.6 Å². The van der Waals surface area contributed by atoms with Crippen molar-refractivity contribution in [3.05, 3.63) is 49.1 Å². The molecule has 3 rings (SSSR count). The summed E-state index contributed by atoms with van der Waals surface area (Å²) < 4.78 is 62.3. The number of nitrogen functional groups attached to an aromatic ring is 1. The van der Waals surface area contributed by atoms with Gasteiger partial charge in [-0.1, -0.05) is 81.8 Å². The van der Waals surface area contributed by atoms with Crippen molar-refractivity contribution in [1.82, 2.24) is 30.2 Å². The summed E-state index contributed by atoms with van der Waals surface area (Å²) in [5.74, 6) is -1.10. The van der Waals surface area contributed by atoms with Gasteiger partial charge in [-0.15, -0.1) is 0 Å². The second-order valence-corrected chi connectivity index (χ2v) is 20.6. The molecule has 1 aliphatic heterocycles. The van der Waals surface area contributed by atoms with Gasteiger partial charge in [0.25, 0.3) is 0 Å². The molecule has 7 atom stereocenters. The summed E-state index contributed by atoms with van der Waals surface area (Å²) in [6, 6.07) is 0. The monoisotopic (exact) mass is 999 g/mol. The molecule has 10 N–H and O–H groups in total. The quantitative estimate of drug-likeness (QED) is 0.0307. The number of rotatable bonds is 30. The number of aliphatic hydroxyl groups is 2. The van der Waals surface area contributed by atoms with Crippen molar-refractivity contribution in [3.8, 4) is 0 Å². The molecule has 2 amide bonds. The highest BCUT2D eigenvalue weighted by molar-refractivity contribution is 8.13. The van der Waals surface area contributed by atoms with Crippen molar-refractivity contribution in [3.63, 3.8) is 0 Å². The van der Waals surface area contributed by atoms with Gasteiger partial charge in [-0.05, 0) is 32.1 Å². The Bertz CT molecular complexity index is 2100. The first-order valence-corrected chi connectivity index (χ1v) is 26.1. The number of hydrogen-bond acceptors (Lipinski definition) is 18. The molecule has 65 heavy (non-hydrogen) atoms. The SMILES string of the molecule is CCCCC/C=C/C/C=C/C/C=C/CCC(=O)SCCNC(=O)CCNC(=O)C(O)C(C)(C)COP(=O)(O)OP(=O)(O)OCC1OC(n2cnc3c(N)ncnc32)C(O)C1OP(=O)(O)O. The van der Waals surface area contributed by atoms with Crippen molar-refractivity contribution in [1.29, 1.82) is 0 Å². The molecule has 0 bridgehead atoms. The first kappa shape index (κ1) is 56.1.